The van der Waals surface area contributed by atoms with Gasteiger partial charge in [-0.25, -0.2) is 0 Å². The molecule has 1 amide bonds. The third-order valence-corrected chi connectivity index (χ3v) is 8.01. The Bertz CT molecular complexity index is 1420. The minimum Gasteiger partial charge on any atom is -0.466 e. The zero-order valence-electron chi connectivity index (χ0n) is 20.1. The number of rotatable bonds is 4. The number of anilines is 1. The summed E-state index contributed by atoms with van der Waals surface area (Å²) in [6, 6.07) is 38.6. The number of hydrogen-bond acceptors (Lipinski definition) is 3. The lowest BCUT2D eigenvalue weighted by Gasteiger charge is -2.48. The first-order valence-electron chi connectivity index (χ1n) is 12.3. The Morgan fingerprint density at radius 1 is 0.833 bits per heavy atom. The predicted molar refractivity (Wildman–Crippen MR) is 147 cm³/mol. The largest absolute Gasteiger partial charge is 0.466 e. The highest BCUT2D eigenvalue weighted by atomic mass is 32.2. The quantitative estimate of drug-likeness (QED) is 0.298. The van der Waals surface area contributed by atoms with Crippen molar-refractivity contribution in [3.05, 3.63) is 138 Å². The molecule has 0 N–H and O–H groups in total. The molecule has 4 aromatic rings. The monoisotopic (exact) mass is 489 g/mol. The first-order chi connectivity index (χ1) is 17.7. The van der Waals surface area contributed by atoms with Crippen LogP contribution in [-0.2, 0) is 21.7 Å². The summed E-state index contributed by atoms with van der Waals surface area (Å²) in [5, 5.41) is 0.236. The fourth-order valence-corrected chi connectivity index (χ4v) is 6.50. The van der Waals surface area contributed by atoms with E-state index in [4.69, 9.17) is 4.74 Å². The molecule has 0 unspecified atom stereocenters. The number of hydrogen-bond donors (Lipinski definition) is 0. The van der Waals surface area contributed by atoms with Gasteiger partial charge in [0.1, 0.15) is 5.76 Å². The van der Waals surface area contributed by atoms with Crippen molar-refractivity contribution < 1.29 is 9.53 Å². The number of allylic oxidation sites excluding steroid dienone is 1. The molecular weight excluding hydrogens is 462 g/mol. The Hall–Kier alpha value is -3.76. The Kier molecular flexibility index (Phi) is 5.90. The number of benzene rings is 4. The summed E-state index contributed by atoms with van der Waals surface area (Å²) in [5.41, 5.74) is 3.55. The molecule has 0 radical (unpaired) electrons. The molecule has 2 atom stereocenters. The maximum Gasteiger partial charge on any atom is 0.265 e. The van der Waals surface area contributed by atoms with Gasteiger partial charge in [-0.2, -0.15) is 0 Å². The molecule has 2 aliphatic heterocycles. The Balaban J connectivity index is 1.63. The van der Waals surface area contributed by atoms with E-state index in [1.165, 1.54) is 0 Å². The van der Waals surface area contributed by atoms with Crippen LogP contribution in [0.15, 0.2) is 126 Å². The van der Waals surface area contributed by atoms with E-state index < -0.39 is 5.72 Å². The number of ether oxygens (including phenoxy) is 1. The summed E-state index contributed by atoms with van der Waals surface area (Å²) in [6.07, 6.45) is 1.21. The van der Waals surface area contributed by atoms with Crippen LogP contribution in [0.2, 0.25) is 0 Å². The van der Waals surface area contributed by atoms with Crippen molar-refractivity contribution in [2.24, 2.45) is 0 Å². The molecule has 2 heterocycles. The highest BCUT2D eigenvalue weighted by Crippen LogP contribution is 2.53. The Morgan fingerprint density at radius 3 is 2.17 bits per heavy atom. The maximum absolute atomic E-state index is 14.7. The summed E-state index contributed by atoms with van der Waals surface area (Å²) in [7, 11) is 0. The SMILES string of the molecule is C[C@@H]1C[C@@]2(c3ccccc3)OC(Cc3ccccc3)=C(c3ccccc3)C(=O)N2c2ccccc2S1. The molecule has 0 saturated heterocycles. The van der Waals surface area contributed by atoms with Crippen LogP contribution in [0.4, 0.5) is 5.69 Å². The second kappa shape index (κ2) is 9.36. The summed E-state index contributed by atoms with van der Waals surface area (Å²) in [4.78, 5) is 17.8. The van der Waals surface area contributed by atoms with Crippen molar-refractivity contribution in [3.8, 4) is 0 Å². The van der Waals surface area contributed by atoms with Crippen LogP contribution in [0, 0.1) is 0 Å². The van der Waals surface area contributed by atoms with Gasteiger partial charge in [-0.1, -0.05) is 110 Å². The summed E-state index contributed by atoms with van der Waals surface area (Å²) >= 11 is 1.80. The zero-order chi connectivity index (χ0) is 24.5. The van der Waals surface area contributed by atoms with Crippen molar-refractivity contribution in [2.75, 3.05) is 4.90 Å². The smallest absolute Gasteiger partial charge is 0.265 e. The van der Waals surface area contributed by atoms with Crippen molar-refractivity contribution in [1.82, 2.24) is 0 Å². The van der Waals surface area contributed by atoms with Crippen LogP contribution >= 0.6 is 11.8 Å². The fraction of sp³-hybridized carbons (Fsp3) is 0.156. The van der Waals surface area contributed by atoms with Crippen LogP contribution in [0.25, 0.3) is 5.57 Å². The van der Waals surface area contributed by atoms with E-state index in [2.05, 4.69) is 37.3 Å². The van der Waals surface area contributed by atoms with Crippen molar-refractivity contribution in [1.29, 1.82) is 0 Å². The van der Waals surface area contributed by atoms with Gasteiger partial charge in [-0.05, 0) is 23.3 Å². The second-order valence-corrected chi connectivity index (χ2v) is 10.8. The average molecular weight is 490 g/mol. The molecule has 0 bridgehead atoms. The van der Waals surface area contributed by atoms with Crippen LogP contribution < -0.4 is 4.90 Å². The number of carbonyl (C=O) groups excluding carboxylic acids is 1. The minimum atomic E-state index is -0.945. The molecule has 6 rings (SSSR count). The van der Waals surface area contributed by atoms with Crippen LogP contribution in [0.1, 0.15) is 30.0 Å². The molecule has 0 saturated carbocycles. The van der Waals surface area contributed by atoms with Crippen LogP contribution in [-0.4, -0.2) is 11.2 Å². The van der Waals surface area contributed by atoms with Gasteiger partial charge in [0.25, 0.3) is 5.91 Å². The number of fused-ring (bicyclic) bond motifs is 3. The lowest BCUT2D eigenvalue weighted by molar-refractivity contribution is -0.123. The van der Waals surface area contributed by atoms with E-state index in [1.807, 2.05) is 89.8 Å². The molecule has 4 heteroatoms. The lowest BCUT2D eigenvalue weighted by Crippen LogP contribution is -2.55. The number of carbonyl (C=O) groups is 1. The van der Waals surface area contributed by atoms with E-state index in [0.29, 0.717) is 24.2 Å². The summed E-state index contributed by atoms with van der Waals surface area (Å²) in [5.74, 6) is 0.693. The second-order valence-electron chi connectivity index (χ2n) is 9.32. The van der Waals surface area contributed by atoms with Crippen LogP contribution in [0.5, 0.6) is 0 Å². The van der Waals surface area contributed by atoms with Gasteiger partial charge in [0.2, 0.25) is 5.72 Å². The number of nitrogens with zero attached hydrogens (tertiary/aromatic N) is 1. The molecule has 0 aliphatic carbocycles. The third-order valence-electron chi connectivity index (χ3n) is 6.84. The first kappa shape index (κ1) is 22.7. The fourth-order valence-electron chi connectivity index (χ4n) is 5.32. The highest BCUT2D eigenvalue weighted by molar-refractivity contribution is 8.00. The van der Waals surface area contributed by atoms with Crippen LogP contribution in [0.3, 0.4) is 0 Å². The van der Waals surface area contributed by atoms with E-state index in [0.717, 1.165) is 27.3 Å². The van der Waals surface area contributed by atoms with E-state index in [1.54, 1.807) is 11.8 Å². The van der Waals surface area contributed by atoms with E-state index in [-0.39, 0.29) is 11.2 Å². The Morgan fingerprint density at radius 2 is 1.44 bits per heavy atom. The topological polar surface area (TPSA) is 29.5 Å². The normalized spacial score (nSPS) is 21.3. The van der Waals surface area contributed by atoms with Gasteiger partial charge < -0.3 is 4.74 Å². The molecule has 0 fully saturated rings. The van der Waals surface area contributed by atoms with E-state index >= 15 is 0 Å². The van der Waals surface area contributed by atoms with Crippen molar-refractivity contribution in [3.63, 3.8) is 0 Å². The zero-order valence-corrected chi connectivity index (χ0v) is 20.9. The van der Waals surface area contributed by atoms with E-state index in [9.17, 15) is 4.79 Å². The maximum atomic E-state index is 14.7. The molecule has 0 aromatic heterocycles. The highest BCUT2D eigenvalue weighted by Gasteiger charge is 2.53. The molecular formula is C32H27NO2S. The molecule has 178 valence electrons. The van der Waals surface area contributed by atoms with Crippen molar-refractivity contribution >= 4 is 28.9 Å². The lowest BCUT2D eigenvalue weighted by atomic mass is 9.89. The molecule has 3 nitrogen and oxygen atoms in total. The molecule has 2 aliphatic rings. The van der Waals surface area contributed by atoms with Gasteiger partial charge >= 0.3 is 0 Å². The summed E-state index contributed by atoms with van der Waals surface area (Å²) < 4.78 is 7.18. The number of thioether (sulfide) groups is 1. The van der Waals surface area contributed by atoms with Gasteiger partial charge in [-0.15, -0.1) is 11.8 Å². The Labute approximate surface area is 216 Å². The van der Waals surface area contributed by atoms with Gasteiger partial charge in [0.05, 0.1) is 11.3 Å². The standard InChI is InChI=1S/C32H27NO2S/c1-23-22-32(26-17-9-4-10-18-26)33(27-19-11-12-20-29(27)36-23)31(34)30(25-15-7-3-8-16-25)28(35-32)21-24-13-5-2-6-14-24/h2-20,23H,21-22H2,1H3/t23-,32+/m1/s1. The first-order valence-corrected chi connectivity index (χ1v) is 13.2. The number of amides is 1. The molecule has 4 aromatic carbocycles. The number of para-hydroxylation sites is 1. The van der Waals surface area contributed by atoms with Gasteiger partial charge in [0, 0.05) is 28.6 Å². The molecule has 0 spiro atoms. The molecule has 36 heavy (non-hydrogen) atoms. The third kappa shape index (κ3) is 3.92. The van der Waals surface area contributed by atoms with Gasteiger partial charge in [-0.3, -0.25) is 9.69 Å². The predicted octanol–water partition coefficient (Wildman–Crippen LogP) is 7.44. The van der Waals surface area contributed by atoms with Gasteiger partial charge in [0.15, 0.2) is 0 Å². The summed E-state index contributed by atoms with van der Waals surface area (Å²) in [6.45, 7) is 2.22. The van der Waals surface area contributed by atoms with Crippen molar-refractivity contribution in [2.45, 2.75) is 35.6 Å². The minimum absolute atomic E-state index is 0.0237. The average Bonchev–Trinajstić information content (AvgIpc) is 3.04.